The highest BCUT2D eigenvalue weighted by Gasteiger charge is 1.99. The Kier molecular flexibility index (Phi) is 6.86. The molecule has 89 valence electrons. The average Bonchev–Trinajstić information content (AvgIpc) is 2.28. The van der Waals surface area contributed by atoms with Gasteiger partial charge in [0.05, 0.1) is 16.7 Å². The molecule has 1 aromatic carbocycles. The van der Waals surface area contributed by atoms with Crippen molar-refractivity contribution in [2.24, 2.45) is 0 Å². The molecule has 0 saturated carbocycles. The van der Waals surface area contributed by atoms with E-state index in [4.69, 9.17) is 23.2 Å². The maximum atomic E-state index is 10.2. The number of unbranched alkanes of at least 4 members (excludes halogenated alkanes) is 4. The fraction of sp³-hybridized carbons (Fsp3) is 0.538. The van der Waals surface area contributed by atoms with Gasteiger partial charge in [0.1, 0.15) is 0 Å². The van der Waals surface area contributed by atoms with Crippen molar-refractivity contribution in [3.8, 4) is 0 Å². The first-order valence-electron chi connectivity index (χ1n) is 5.76. The molecule has 3 heteroatoms. The SMILES string of the molecule is [O]CCCCCCCc1ccc(Cl)c(Cl)c1. The van der Waals surface area contributed by atoms with Crippen LogP contribution in [-0.4, -0.2) is 6.61 Å². The zero-order chi connectivity index (χ0) is 11.8. The predicted molar refractivity (Wildman–Crippen MR) is 68.8 cm³/mol. The number of hydrogen-bond acceptors (Lipinski definition) is 0. The summed E-state index contributed by atoms with van der Waals surface area (Å²) < 4.78 is 0. The third-order valence-electron chi connectivity index (χ3n) is 2.59. The Labute approximate surface area is 107 Å². The number of rotatable bonds is 7. The molecule has 1 rings (SSSR count). The van der Waals surface area contributed by atoms with Crippen molar-refractivity contribution in [3.05, 3.63) is 33.8 Å². The minimum atomic E-state index is 0.0623. The average molecular weight is 260 g/mol. The van der Waals surface area contributed by atoms with Crippen LogP contribution in [0.5, 0.6) is 0 Å². The van der Waals surface area contributed by atoms with E-state index in [0.29, 0.717) is 10.0 Å². The third kappa shape index (κ3) is 5.20. The molecule has 0 heterocycles. The summed E-state index contributed by atoms with van der Waals surface area (Å²) in [5.41, 5.74) is 1.23. The highest BCUT2D eigenvalue weighted by Crippen LogP contribution is 2.23. The number of hydrogen-bond donors (Lipinski definition) is 0. The lowest BCUT2D eigenvalue weighted by Gasteiger charge is -2.03. The number of halogens is 2. The molecule has 0 aromatic heterocycles. The molecule has 1 aromatic rings. The highest BCUT2D eigenvalue weighted by atomic mass is 35.5. The van der Waals surface area contributed by atoms with Gasteiger partial charge in [-0.05, 0) is 37.0 Å². The maximum Gasteiger partial charge on any atom is 0.0822 e. The van der Waals surface area contributed by atoms with Gasteiger partial charge in [-0.1, -0.05) is 48.5 Å². The molecule has 0 unspecified atom stereocenters. The minimum absolute atomic E-state index is 0.0623. The summed E-state index contributed by atoms with van der Waals surface area (Å²) in [6.45, 7) is 0.0623. The Morgan fingerprint density at radius 3 is 2.25 bits per heavy atom. The van der Waals surface area contributed by atoms with E-state index < -0.39 is 0 Å². The van der Waals surface area contributed by atoms with Crippen LogP contribution >= 0.6 is 23.2 Å². The van der Waals surface area contributed by atoms with E-state index in [0.717, 1.165) is 32.1 Å². The van der Waals surface area contributed by atoms with Crippen molar-refractivity contribution >= 4 is 23.2 Å². The summed E-state index contributed by atoms with van der Waals surface area (Å²) in [7, 11) is 0. The highest BCUT2D eigenvalue weighted by molar-refractivity contribution is 6.42. The van der Waals surface area contributed by atoms with Gasteiger partial charge >= 0.3 is 0 Å². The van der Waals surface area contributed by atoms with E-state index in [1.54, 1.807) is 0 Å². The Morgan fingerprint density at radius 2 is 1.56 bits per heavy atom. The van der Waals surface area contributed by atoms with E-state index in [2.05, 4.69) is 0 Å². The second-order valence-electron chi connectivity index (χ2n) is 3.97. The molecule has 0 fully saturated rings. The van der Waals surface area contributed by atoms with Crippen LogP contribution in [0.4, 0.5) is 0 Å². The molecule has 0 aliphatic heterocycles. The third-order valence-corrected chi connectivity index (χ3v) is 3.33. The standard InChI is InChI=1S/C13H17Cl2O/c14-12-8-7-11(10-13(12)15)6-4-2-1-3-5-9-16/h7-8,10H,1-6,9H2. The molecular formula is C13H17Cl2O. The number of benzene rings is 1. The van der Waals surface area contributed by atoms with Crippen molar-refractivity contribution in [1.29, 1.82) is 0 Å². The van der Waals surface area contributed by atoms with Gasteiger partial charge in [-0.15, -0.1) is 0 Å². The van der Waals surface area contributed by atoms with Crippen molar-refractivity contribution < 1.29 is 5.11 Å². The Balaban J connectivity index is 2.19. The van der Waals surface area contributed by atoms with Gasteiger partial charge < -0.3 is 0 Å². The quantitative estimate of drug-likeness (QED) is 0.620. The smallest absolute Gasteiger partial charge is 0.0822 e. The molecule has 0 aliphatic carbocycles. The van der Waals surface area contributed by atoms with Crippen LogP contribution in [0.2, 0.25) is 10.0 Å². The normalized spacial score (nSPS) is 10.7. The summed E-state index contributed by atoms with van der Waals surface area (Å²) in [6.07, 6.45) is 6.40. The monoisotopic (exact) mass is 259 g/mol. The van der Waals surface area contributed by atoms with E-state index in [9.17, 15) is 5.11 Å². The maximum absolute atomic E-state index is 10.2. The first kappa shape index (κ1) is 13.8. The molecule has 0 aliphatic rings. The first-order chi connectivity index (χ1) is 7.74. The van der Waals surface area contributed by atoms with Crippen LogP contribution in [0.25, 0.3) is 0 Å². The van der Waals surface area contributed by atoms with Crippen LogP contribution < -0.4 is 0 Å². The molecule has 0 atom stereocenters. The van der Waals surface area contributed by atoms with E-state index in [1.807, 2.05) is 18.2 Å². The van der Waals surface area contributed by atoms with Crippen LogP contribution in [0.15, 0.2) is 18.2 Å². The summed E-state index contributed by atoms with van der Waals surface area (Å²) in [6, 6.07) is 5.80. The fourth-order valence-electron chi connectivity index (χ4n) is 1.66. The molecule has 0 saturated heterocycles. The van der Waals surface area contributed by atoms with Gasteiger partial charge in [0.15, 0.2) is 0 Å². The van der Waals surface area contributed by atoms with Gasteiger partial charge in [-0.3, -0.25) is 0 Å². The Bertz CT molecular complexity index is 313. The number of aryl methyl sites for hydroxylation is 1. The van der Waals surface area contributed by atoms with Crippen molar-refractivity contribution in [2.75, 3.05) is 6.61 Å². The fourth-order valence-corrected chi connectivity index (χ4v) is 1.98. The van der Waals surface area contributed by atoms with Crippen LogP contribution in [0.1, 0.15) is 37.7 Å². The minimum Gasteiger partial charge on any atom is -0.237 e. The van der Waals surface area contributed by atoms with Gasteiger partial charge in [-0.2, -0.15) is 0 Å². The van der Waals surface area contributed by atoms with Crippen LogP contribution in [-0.2, 0) is 11.5 Å². The summed E-state index contributed by atoms with van der Waals surface area (Å²) in [4.78, 5) is 0. The van der Waals surface area contributed by atoms with Gasteiger partial charge in [-0.25, -0.2) is 5.11 Å². The second-order valence-corrected chi connectivity index (χ2v) is 4.78. The summed E-state index contributed by atoms with van der Waals surface area (Å²) >= 11 is 11.8. The summed E-state index contributed by atoms with van der Waals surface area (Å²) in [5.74, 6) is 0. The molecule has 1 nitrogen and oxygen atoms in total. The molecule has 0 spiro atoms. The van der Waals surface area contributed by atoms with E-state index in [1.165, 1.54) is 12.0 Å². The second kappa shape index (κ2) is 7.94. The lowest BCUT2D eigenvalue weighted by Crippen LogP contribution is -1.87. The van der Waals surface area contributed by atoms with Crippen molar-refractivity contribution in [2.45, 2.75) is 38.5 Å². The van der Waals surface area contributed by atoms with Crippen LogP contribution in [0, 0.1) is 0 Å². The molecule has 16 heavy (non-hydrogen) atoms. The van der Waals surface area contributed by atoms with E-state index >= 15 is 0 Å². The molecular weight excluding hydrogens is 243 g/mol. The molecule has 0 bridgehead atoms. The zero-order valence-corrected chi connectivity index (χ0v) is 10.9. The largest absolute Gasteiger partial charge is 0.237 e. The van der Waals surface area contributed by atoms with Crippen molar-refractivity contribution in [1.82, 2.24) is 0 Å². The lowest BCUT2D eigenvalue weighted by atomic mass is 10.1. The van der Waals surface area contributed by atoms with Crippen LogP contribution in [0.3, 0.4) is 0 Å². The first-order valence-corrected chi connectivity index (χ1v) is 6.51. The van der Waals surface area contributed by atoms with Gasteiger partial charge in [0, 0.05) is 0 Å². The van der Waals surface area contributed by atoms with E-state index in [-0.39, 0.29) is 6.61 Å². The topological polar surface area (TPSA) is 19.9 Å². The van der Waals surface area contributed by atoms with Gasteiger partial charge in [0.25, 0.3) is 0 Å². The molecule has 0 amide bonds. The van der Waals surface area contributed by atoms with Gasteiger partial charge in [0.2, 0.25) is 0 Å². The lowest BCUT2D eigenvalue weighted by molar-refractivity contribution is 0.186. The predicted octanol–water partition coefficient (Wildman–Crippen LogP) is 4.92. The molecule has 1 radical (unpaired) electrons. The zero-order valence-electron chi connectivity index (χ0n) is 9.35. The molecule has 0 N–H and O–H groups in total. The Hall–Kier alpha value is -0.240. The van der Waals surface area contributed by atoms with Crippen molar-refractivity contribution in [3.63, 3.8) is 0 Å². The summed E-state index contributed by atoms with van der Waals surface area (Å²) in [5, 5.41) is 11.5. The Morgan fingerprint density at radius 1 is 0.875 bits per heavy atom.